The Morgan fingerprint density at radius 2 is 1.50 bits per heavy atom. The van der Waals surface area contributed by atoms with Crippen LogP contribution in [0.15, 0.2) is 52.3 Å². The van der Waals surface area contributed by atoms with Gasteiger partial charge in [0.1, 0.15) is 0 Å². The maximum Gasteiger partial charge on any atom is 0.243 e. The van der Waals surface area contributed by atoms with Crippen LogP contribution in [0, 0.1) is 13.8 Å². The zero-order chi connectivity index (χ0) is 20.5. The third-order valence-electron chi connectivity index (χ3n) is 5.11. The van der Waals surface area contributed by atoms with Crippen LogP contribution >= 0.6 is 0 Å². The number of anilines is 1. The number of sulfonamides is 1. The van der Waals surface area contributed by atoms with E-state index in [1.807, 2.05) is 36.9 Å². The van der Waals surface area contributed by atoms with Gasteiger partial charge in [0.25, 0.3) is 0 Å². The second-order valence-corrected chi connectivity index (χ2v) is 11.2. The van der Waals surface area contributed by atoms with Crippen LogP contribution in [0.4, 0.5) is 5.69 Å². The van der Waals surface area contributed by atoms with E-state index in [-0.39, 0.29) is 5.75 Å². The number of hydrogen-bond acceptors (Lipinski definition) is 5. The maximum atomic E-state index is 13.0. The van der Waals surface area contributed by atoms with Crippen molar-refractivity contribution in [3.63, 3.8) is 0 Å². The van der Waals surface area contributed by atoms with Gasteiger partial charge in [-0.05, 0) is 37.6 Å². The zero-order valence-electron chi connectivity index (χ0n) is 16.4. The molecule has 2 aromatic rings. The molecule has 8 heteroatoms. The number of benzene rings is 2. The van der Waals surface area contributed by atoms with E-state index >= 15 is 0 Å². The van der Waals surface area contributed by atoms with E-state index in [0.29, 0.717) is 41.7 Å². The lowest BCUT2D eigenvalue weighted by Gasteiger charge is -2.36. The molecule has 1 aliphatic heterocycles. The molecule has 1 heterocycles. The molecule has 0 unspecified atom stereocenters. The average molecular weight is 423 g/mol. The van der Waals surface area contributed by atoms with Crippen LogP contribution in [-0.2, 0) is 19.9 Å². The molecule has 0 saturated carbocycles. The van der Waals surface area contributed by atoms with Crippen molar-refractivity contribution >= 4 is 25.5 Å². The minimum atomic E-state index is -3.57. The predicted molar refractivity (Wildman–Crippen MR) is 111 cm³/mol. The normalized spacial score (nSPS) is 16.3. The van der Waals surface area contributed by atoms with E-state index in [2.05, 4.69) is 0 Å². The van der Waals surface area contributed by atoms with Crippen LogP contribution in [0.2, 0.25) is 0 Å². The summed E-state index contributed by atoms with van der Waals surface area (Å²) in [6, 6.07) is 12.3. The molecule has 0 aliphatic carbocycles. The Kier molecular flexibility index (Phi) is 5.84. The van der Waals surface area contributed by atoms with E-state index in [4.69, 9.17) is 0 Å². The Labute approximate surface area is 167 Å². The summed E-state index contributed by atoms with van der Waals surface area (Å²) in [6.07, 6.45) is 0. The molecule has 1 saturated heterocycles. The molecule has 1 aliphatic rings. The summed E-state index contributed by atoms with van der Waals surface area (Å²) < 4.78 is 52.4. The highest BCUT2D eigenvalue weighted by atomic mass is 32.2. The van der Waals surface area contributed by atoms with Gasteiger partial charge in [-0.15, -0.1) is 0 Å². The van der Waals surface area contributed by atoms with Crippen LogP contribution in [0.3, 0.4) is 0 Å². The van der Waals surface area contributed by atoms with Crippen molar-refractivity contribution in [2.24, 2.45) is 0 Å². The standard InChI is InChI=1S/C20H26N2O4S2/c1-4-27(23,24)20-8-6-5-7-18(20)21-11-13-22(14-12-21)28(25,26)19-10-9-16(2)15-17(19)3/h5-10,15H,4,11-14H2,1-3H3. The Bertz CT molecular complexity index is 1070. The van der Waals surface area contributed by atoms with Crippen LogP contribution in [0.1, 0.15) is 18.1 Å². The van der Waals surface area contributed by atoms with Gasteiger partial charge in [-0.2, -0.15) is 4.31 Å². The molecule has 0 spiro atoms. The first-order valence-corrected chi connectivity index (χ1v) is 12.4. The molecule has 28 heavy (non-hydrogen) atoms. The second-order valence-electron chi connectivity index (χ2n) is 7.03. The topological polar surface area (TPSA) is 74.8 Å². The molecule has 1 fully saturated rings. The van der Waals surface area contributed by atoms with E-state index in [1.165, 1.54) is 4.31 Å². The molecular weight excluding hydrogens is 396 g/mol. The molecule has 0 amide bonds. The lowest BCUT2D eigenvalue weighted by molar-refractivity contribution is 0.384. The maximum absolute atomic E-state index is 13.0. The highest BCUT2D eigenvalue weighted by Crippen LogP contribution is 2.28. The SMILES string of the molecule is CCS(=O)(=O)c1ccccc1N1CCN(S(=O)(=O)c2ccc(C)cc2C)CC1. The number of nitrogens with zero attached hydrogens (tertiary/aromatic N) is 2. The van der Waals surface area contributed by atoms with Crippen molar-refractivity contribution in [2.75, 3.05) is 36.8 Å². The molecule has 0 atom stereocenters. The van der Waals surface area contributed by atoms with E-state index in [1.54, 1.807) is 31.2 Å². The quantitative estimate of drug-likeness (QED) is 0.740. The summed E-state index contributed by atoms with van der Waals surface area (Å²) in [7, 11) is -6.92. The summed E-state index contributed by atoms with van der Waals surface area (Å²) in [5.74, 6) is 0.0328. The first kappa shape index (κ1) is 20.8. The smallest absolute Gasteiger partial charge is 0.243 e. The molecule has 0 radical (unpaired) electrons. The van der Waals surface area contributed by atoms with Gasteiger partial charge in [0.15, 0.2) is 9.84 Å². The third-order valence-corrected chi connectivity index (χ3v) is 8.94. The number of rotatable bonds is 5. The van der Waals surface area contributed by atoms with Crippen LogP contribution < -0.4 is 4.90 Å². The monoisotopic (exact) mass is 422 g/mol. The zero-order valence-corrected chi connectivity index (χ0v) is 18.1. The van der Waals surface area contributed by atoms with Crippen molar-refractivity contribution in [2.45, 2.75) is 30.6 Å². The Hall–Kier alpha value is -1.90. The molecular formula is C20H26N2O4S2. The van der Waals surface area contributed by atoms with Gasteiger partial charge in [-0.3, -0.25) is 0 Å². The first-order valence-electron chi connectivity index (χ1n) is 9.31. The van der Waals surface area contributed by atoms with Gasteiger partial charge >= 0.3 is 0 Å². The van der Waals surface area contributed by atoms with Crippen molar-refractivity contribution in [1.29, 1.82) is 0 Å². The molecule has 152 valence electrons. The van der Waals surface area contributed by atoms with Crippen LogP contribution in [0.5, 0.6) is 0 Å². The lowest BCUT2D eigenvalue weighted by atomic mass is 10.2. The van der Waals surface area contributed by atoms with Gasteiger partial charge in [0.2, 0.25) is 10.0 Å². The molecule has 0 bridgehead atoms. The molecule has 0 N–H and O–H groups in total. The van der Waals surface area contributed by atoms with Crippen molar-refractivity contribution in [1.82, 2.24) is 4.31 Å². The van der Waals surface area contributed by atoms with Gasteiger partial charge in [-0.25, -0.2) is 16.8 Å². The molecule has 2 aromatic carbocycles. The predicted octanol–water partition coefficient (Wildman–Crippen LogP) is 2.61. The van der Waals surface area contributed by atoms with Crippen molar-refractivity contribution in [3.8, 4) is 0 Å². The van der Waals surface area contributed by atoms with Crippen molar-refractivity contribution < 1.29 is 16.8 Å². The van der Waals surface area contributed by atoms with Crippen molar-refractivity contribution in [3.05, 3.63) is 53.6 Å². The van der Waals surface area contributed by atoms with E-state index in [9.17, 15) is 16.8 Å². The minimum absolute atomic E-state index is 0.0328. The third kappa shape index (κ3) is 3.94. The summed E-state index contributed by atoms with van der Waals surface area (Å²) in [4.78, 5) is 2.60. The second kappa shape index (κ2) is 7.85. The summed E-state index contributed by atoms with van der Waals surface area (Å²) >= 11 is 0. The van der Waals surface area contributed by atoms with E-state index in [0.717, 1.165) is 11.1 Å². The summed E-state index contributed by atoms with van der Waals surface area (Å²) in [6.45, 7) is 6.89. The highest BCUT2D eigenvalue weighted by Gasteiger charge is 2.31. The first-order chi connectivity index (χ1) is 13.2. The Morgan fingerprint density at radius 3 is 2.11 bits per heavy atom. The number of piperazine rings is 1. The number of para-hydroxylation sites is 1. The fraction of sp³-hybridized carbons (Fsp3) is 0.400. The summed E-state index contributed by atoms with van der Waals surface area (Å²) in [5.41, 5.74) is 2.41. The summed E-state index contributed by atoms with van der Waals surface area (Å²) in [5, 5.41) is 0. The number of sulfone groups is 1. The number of aryl methyl sites for hydroxylation is 2. The highest BCUT2D eigenvalue weighted by molar-refractivity contribution is 7.91. The minimum Gasteiger partial charge on any atom is -0.368 e. The van der Waals surface area contributed by atoms with Crippen LogP contribution in [-0.4, -0.2) is 53.1 Å². The largest absolute Gasteiger partial charge is 0.368 e. The molecule has 0 aromatic heterocycles. The van der Waals surface area contributed by atoms with Gasteiger partial charge in [-0.1, -0.05) is 36.8 Å². The molecule has 3 rings (SSSR count). The lowest BCUT2D eigenvalue weighted by Crippen LogP contribution is -2.49. The van der Waals surface area contributed by atoms with Gasteiger partial charge in [0.05, 0.1) is 21.2 Å². The molecule has 6 nitrogen and oxygen atoms in total. The Morgan fingerprint density at radius 1 is 0.857 bits per heavy atom. The van der Waals surface area contributed by atoms with Crippen LogP contribution in [0.25, 0.3) is 0 Å². The fourth-order valence-electron chi connectivity index (χ4n) is 3.53. The Balaban J connectivity index is 1.82. The van der Waals surface area contributed by atoms with E-state index < -0.39 is 19.9 Å². The fourth-order valence-corrected chi connectivity index (χ4v) is 6.27. The van der Waals surface area contributed by atoms with Gasteiger partial charge in [0, 0.05) is 26.2 Å². The number of hydrogen-bond donors (Lipinski definition) is 0. The average Bonchev–Trinajstić information content (AvgIpc) is 2.68. The van der Waals surface area contributed by atoms with Gasteiger partial charge < -0.3 is 4.90 Å².